The van der Waals surface area contributed by atoms with Crippen LogP contribution in [0.5, 0.6) is 0 Å². The molecule has 1 saturated heterocycles. The third-order valence-electron chi connectivity index (χ3n) is 6.48. The van der Waals surface area contributed by atoms with Gasteiger partial charge >= 0.3 is 0 Å². The lowest BCUT2D eigenvalue weighted by Crippen LogP contribution is -2.47. The van der Waals surface area contributed by atoms with Crippen LogP contribution < -0.4 is 4.90 Å². The smallest absolute Gasteiger partial charge is 0.137 e. The first-order valence-electron chi connectivity index (χ1n) is 11.8. The molecule has 1 aliphatic rings. The van der Waals surface area contributed by atoms with E-state index in [0.717, 1.165) is 80.7 Å². The summed E-state index contributed by atoms with van der Waals surface area (Å²) in [5, 5.41) is 4.86. The molecule has 1 aromatic heterocycles. The van der Waals surface area contributed by atoms with E-state index < -0.39 is 0 Å². The second-order valence-corrected chi connectivity index (χ2v) is 8.63. The fourth-order valence-corrected chi connectivity index (χ4v) is 4.47. The molecule has 0 atom stereocenters. The molecule has 0 N–H and O–H groups in total. The highest BCUT2D eigenvalue weighted by Crippen LogP contribution is 2.30. The largest absolute Gasteiger partial charge is 0.354 e. The highest BCUT2D eigenvalue weighted by atomic mass is 19.1. The SMILES string of the molecule is CCN1CCN(c2c(CN(CC)Cc3ccc(F)cc3)c(C)nn2-c2cccc(F)c2)CC1. The van der Waals surface area contributed by atoms with Gasteiger partial charge in [-0.25, -0.2) is 13.5 Å². The van der Waals surface area contributed by atoms with Crippen LogP contribution >= 0.6 is 0 Å². The number of nitrogens with zero attached hydrogens (tertiary/aromatic N) is 5. The zero-order valence-corrected chi connectivity index (χ0v) is 19.8. The van der Waals surface area contributed by atoms with Gasteiger partial charge in [-0.1, -0.05) is 32.0 Å². The maximum absolute atomic E-state index is 14.1. The molecule has 3 aromatic rings. The predicted molar refractivity (Wildman–Crippen MR) is 129 cm³/mol. The molecule has 0 bridgehead atoms. The summed E-state index contributed by atoms with van der Waals surface area (Å²) in [6.07, 6.45) is 0. The Morgan fingerprint density at radius 3 is 2.27 bits per heavy atom. The second-order valence-electron chi connectivity index (χ2n) is 8.63. The van der Waals surface area contributed by atoms with Crippen LogP contribution in [-0.2, 0) is 13.1 Å². The van der Waals surface area contributed by atoms with Crippen molar-refractivity contribution in [3.05, 3.63) is 77.0 Å². The van der Waals surface area contributed by atoms with Crippen molar-refractivity contribution in [2.75, 3.05) is 44.2 Å². The van der Waals surface area contributed by atoms with Crippen molar-refractivity contribution >= 4 is 5.82 Å². The van der Waals surface area contributed by atoms with Gasteiger partial charge in [-0.3, -0.25) is 4.90 Å². The second kappa shape index (κ2) is 10.4. The topological polar surface area (TPSA) is 27.5 Å². The molecule has 7 heteroatoms. The van der Waals surface area contributed by atoms with E-state index in [4.69, 9.17) is 5.10 Å². The van der Waals surface area contributed by atoms with Crippen molar-refractivity contribution in [1.29, 1.82) is 0 Å². The van der Waals surface area contributed by atoms with E-state index in [2.05, 4.69) is 28.5 Å². The summed E-state index contributed by atoms with van der Waals surface area (Å²) >= 11 is 0. The van der Waals surface area contributed by atoms with Crippen LogP contribution in [0.4, 0.5) is 14.6 Å². The molecule has 2 aromatic carbocycles. The van der Waals surface area contributed by atoms with Crippen molar-refractivity contribution in [3.8, 4) is 5.69 Å². The molecule has 1 fully saturated rings. The molecule has 1 aliphatic heterocycles. The first-order chi connectivity index (χ1) is 16.0. The van der Waals surface area contributed by atoms with Gasteiger partial charge in [0.25, 0.3) is 0 Å². The molecule has 0 saturated carbocycles. The van der Waals surface area contributed by atoms with E-state index in [0.29, 0.717) is 0 Å². The van der Waals surface area contributed by atoms with Crippen molar-refractivity contribution < 1.29 is 8.78 Å². The van der Waals surface area contributed by atoms with Crippen LogP contribution in [-0.4, -0.2) is 58.8 Å². The Balaban J connectivity index is 1.68. The fraction of sp³-hybridized carbons (Fsp3) is 0.423. The number of benzene rings is 2. The van der Waals surface area contributed by atoms with Crippen molar-refractivity contribution in [2.24, 2.45) is 0 Å². The minimum atomic E-state index is -0.268. The van der Waals surface area contributed by atoms with Crippen molar-refractivity contribution in [1.82, 2.24) is 19.6 Å². The molecule has 176 valence electrons. The monoisotopic (exact) mass is 453 g/mol. The predicted octanol–water partition coefficient (Wildman–Crippen LogP) is 4.62. The summed E-state index contributed by atoms with van der Waals surface area (Å²) in [6, 6.07) is 13.3. The van der Waals surface area contributed by atoms with Gasteiger partial charge in [-0.15, -0.1) is 0 Å². The Morgan fingerprint density at radius 1 is 0.909 bits per heavy atom. The third-order valence-corrected chi connectivity index (χ3v) is 6.48. The van der Waals surface area contributed by atoms with Crippen molar-refractivity contribution in [2.45, 2.75) is 33.9 Å². The Morgan fingerprint density at radius 2 is 1.64 bits per heavy atom. The number of aryl methyl sites for hydroxylation is 1. The lowest BCUT2D eigenvalue weighted by Gasteiger charge is -2.36. The maximum Gasteiger partial charge on any atom is 0.137 e. The number of rotatable bonds is 8. The number of halogens is 2. The van der Waals surface area contributed by atoms with Gasteiger partial charge in [-0.2, -0.15) is 5.10 Å². The molecule has 2 heterocycles. The summed E-state index contributed by atoms with van der Waals surface area (Å²) in [7, 11) is 0. The molecular formula is C26H33F2N5. The van der Waals surface area contributed by atoms with E-state index in [1.54, 1.807) is 6.07 Å². The molecule has 0 radical (unpaired) electrons. The van der Waals surface area contributed by atoms with Crippen LogP contribution in [0.2, 0.25) is 0 Å². The standard InChI is InChI=1S/C26H33F2N5/c1-4-30-13-15-32(16-14-30)26-25(19-31(5-2)18-21-9-11-22(27)12-10-21)20(3)29-33(26)24-8-6-7-23(28)17-24/h6-12,17H,4-5,13-16,18-19H2,1-3H3. The van der Waals surface area contributed by atoms with Gasteiger partial charge in [0, 0.05) is 44.8 Å². The molecule has 0 unspecified atom stereocenters. The van der Waals surface area contributed by atoms with E-state index in [-0.39, 0.29) is 11.6 Å². The van der Waals surface area contributed by atoms with E-state index in [1.807, 2.05) is 29.8 Å². The first-order valence-corrected chi connectivity index (χ1v) is 11.8. The zero-order valence-electron chi connectivity index (χ0n) is 19.8. The first kappa shape index (κ1) is 23.4. The van der Waals surface area contributed by atoms with Crippen LogP contribution in [0.25, 0.3) is 5.69 Å². The Kier molecular flexibility index (Phi) is 7.40. The fourth-order valence-electron chi connectivity index (χ4n) is 4.47. The van der Waals surface area contributed by atoms with Crippen LogP contribution in [0.1, 0.15) is 30.7 Å². The number of anilines is 1. The zero-order chi connectivity index (χ0) is 23.4. The van der Waals surface area contributed by atoms with Gasteiger partial charge in [0.2, 0.25) is 0 Å². The summed E-state index contributed by atoms with van der Waals surface area (Å²) in [4.78, 5) is 7.16. The molecule has 0 spiro atoms. The van der Waals surface area contributed by atoms with Gasteiger partial charge in [0.1, 0.15) is 17.5 Å². The lowest BCUT2D eigenvalue weighted by atomic mass is 10.1. The average Bonchev–Trinajstić information content (AvgIpc) is 3.16. The molecule has 0 aliphatic carbocycles. The van der Waals surface area contributed by atoms with Gasteiger partial charge < -0.3 is 9.80 Å². The van der Waals surface area contributed by atoms with Crippen LogP contribution in [0.15, 0.2) is 48.5 Å². The minimum Gasteiger partial charge on any atom is -0.354 e. The molecule has 33 heavy (non-hydrogen) atoms. The van der Waals surface area contributed by atoms with E-state index >= 15 is 0 Å². The molecule has 0 amide bonds. The maximum atomic E-state index is 14.1. The summed E-state index contributed by atoms with van der Waals surface area (Å²) in [5.74, 6) is 0.560. The molecule has 5 nitrogen and oxygen atoms in total. The normalized spacial score (nSPS) is 14.9. The number of hydrogen-bond acceptors (Lipinski definition) is 4. The van der Waals surface area contributed by atoms with E-state index in [9.17, 15) is 8.78 Å². The van der Waals surface area contributed by atoms with Crippen molar-refractivity contribution in [3.63, 3.8) is 0 Å². The highest BCUT2D eigenvalue weighted by Gasteiger charge is 2.26. The summed E-state index contributed by atoms with van der Waals surface area (Å²) in [5.41, 5.74) is 3.92. The Bertz CT molecular complexity index is 1060. The lowest BCUT2D eigenvalue weighted by molar-refractivity contribution is 0.264. The molecular weight excluding hydrogens is 420 g/mol. The average molecular weight is 454 g/mol. The summed E-state index contributed by atoms with van der Waals surface area (Å²) in [6.45, 7) is 13.5. The highest BCUT2D eigenvalue weighted by molar-refractivity contribution is 5.56. The summed E-state index contributed by atoms with van der Waals surface area (Å²) < 4.78 is 29.3. The van der Waals surface area contributed by atoms with Gasteiger partial charge in [0.05, 0.1) is 11.4 Å². The van der Waals surface area contributed by atoms with Gasteiger partial charge in [-0.05, 0) is 55.9 Å². The quantitative estimate of drug-likeness (QED) is 0.497. The minimum absolute atomic E-state index is 0.220. The van der Waals surface area contributed by atoms with Gasteiger partial charge in [0.15, 0.2) is 0 Å². The number of piperazine rings is 1. The molecule has 4 rings (SSSR count). The van der Waals surface area contributed by atoms with E-state index in [1.165, 1.54) is 24.3 Å². The number of likely N-dealkylation sites (N-methyl/N-ethyl adjacent to an activating group) is 1. The Labute approximate surface area is 195 Å². The Hall–Kier alpha value is -2.77. The number of hydrogen-bond donors (Lipinski definition) is 0. The van der Waals surface area contributed by atoms with Crippen LogP contribution in [0, 0.1) is 18.6 Å². The number of aromatic nitrogens is 2. The third kappa shape index (κ3) is 5.42. The van der Waals surface area contributed by atoms with Crippen LogP contribution in [0.3, 0.4) is 0 Å².